The molecule has 4 heteroatoms. The summed E-state index contributed by atoms with van der Waals surface area (Å²) in [5, 5.41) is 10.4. The number of aryl methyl sites for hydroxylation is 1. The van der Waals surface area contributed by atoms with Crippen LogP contribution in [0, 0.1) is 6.92 Å². The van der Waals surface area contributed by atoms with Crippen LogP contribution in [0.4, 0.5) is 0 Å². The number of hydrogen-bond acceptors (Lipinski definition) is 4. The molecule has 1 heterocycles. The van der Waals surface area contributed by atoms with Crippen molar-refractivity contribution < 1.29 is 19.1 Å². The third-order valence-electron chi connectivity index (χ3n) is 2.98. The first kappa shape index (κ1) is 13.4. The lowest BCUT2D eigenvalue weighted by Crippen LogP contribution is -2.21. The van der Waals surface area contributed by atoms with Crippen molar-refractivity contribution in [1.29, 1.82) is 0 Å². The van der Waals surface area contributed by atoms with Crippen molar-refractivity contribution in [2.45, 2.75) is 18.9 Å². The maximum absolute atomic E-state index is 11.9. The molecule has 100 valence electrons. The Hall–Kier alpha value is -2.07. The summed E-state index contributed by atoms with van der Waals surface area (Å²) in [7, 11) is 1.30. The number of esters is 1. The van der Waals surface area contributed by atoms with E-state index in [0.717, 1.165) is 0 Å². The van der Waals surface area contributed by atoms with Gasteiger partial charge in [-0.2, -0.15) is 0 Å². The molecule has 19 heavy (non-hydrogen) atoms. The van der Waals surface area contributed by atoms with Gasteiger partial charge in [-0.15, -0.1) is 0 Å². The van der Waals surface area contributed by atoms with E-state index in [2.05, 4.69) is 0 Å². The molecule has 0 saturated heterocycles. The zero-order valence-electron chi connectivity index (χ0n) is 10.9. The largest absolute Gasteiger partial charge is 0.468 e. The maximum Gasteiger partial charge on any atom is 0.316 e. The fourth-order valence-electron chi connectivity index (χ4n) is 2.01. The Morgan fingerprint density at radius 3 is 2.42 bits per heavy atom. The van der Waals surface area contributed by atoms with Gasteiger partial charge in [-0.3, -0.25) is 4.79 Å². The summed E-state index contributed by atoms with van der Waals surface area (Å²) in [6.07, 6.45) is -1.07. The number of rotatable bonds is 4. The molecule has 0 spiro atoms. The van der Waals surface area contributed by atoms with Crippen molar-refractivity contribution in [3.63, 3.8) is 0 Å². The van der Waals surface area contributed by atoms with Crippen molar-refractivity contribution in [2.24, 2.45) is 0 Å². The van der Waals surface area contributed by atoms with Crippen LogP contribution in [-0.2, 0) is 9.53 Å². The fourth-order valence-corrected chi connectivity index (χ4v) is 2.01. The third kappa shape index (κ3) is 2.85. The normalized spacial score (nSPS) is 13.8. The van der Waals surface area contributed by atoms with Crippen molar-refractivity contribution in [2.75, 3.05) is 7.11 Å². The van der Waals surface area contributed by atoms with Gasteiger partial charge in [0.1, 0.15) is 23.5 Å². The van der Waals surface area contributed by atoms with Crippen LogP contribution in [0.25, 0.3) is 0 Å². The highest BCUT2D eigenvalue weighted by Crippen LogP contribution is 2.32. The number of methoxy groups -OCH3 is 1. The summed E-state index contributed by atoms with van der Waals surface area (Å²) in [4.78, 5) is 11.9. The molecule has 0 aliphatic rings. The predicted octanol–water partition coefficient (Wildman–Crippen LogP) is 2.58. The minimum absolute atomic E-state index is 0.358. The van der Waals surface area contributed by atoms with Crippen molar-refractivity contribution >= 4 is 5.97 Å². The lowest BCUT2D eigenvalue weighted by atomic mass is 9.92. The van der Waals surface area contributed by atoms with Gasteiger partial charge in [-0.05, 0) is 24.6 Å². The topological polar surface area (TPSA) is 59.7 Å². The van der Waals surface area contributed by atoms with Crippen molar-refractivity contribution in [3.05, 3.63) is 59.5 Å². The number of furan rings is 1. The Labute approximate surface area is 111 Å². The summed E-state index contributed by atoms with van der Waals surface area (Å²) < 4.78 is 10.2. The van der Waals surface area contributed by atoms with E-state index >= 15 is 0 Å². The molecule has 1 N–H and O–H groups in total. The molecule has 0 aliphatic heterocycles. The minimum atomic E-state index is -1.07. The molecule has 2 rings (SSSR count). The van der Waals surface area contributed by atoms with Crippen LogP contribution in [0.5, 0.6) is 0 Å². The van der Waals surface area contributed by atoms with Crippen LogP contribution in [0.15, 0.2) is 46.9 Å². The molecular formula is C15H16O4. The van der Waals surface area contributed by atoms with Crippen LogP contribution in [-0.4, -0.2) is 18.2 Å². The van der Waals surface area contributed by atoms with Gasteiger partial charge in [-0.1, -0.05) is 30.3 Å². The number of benzene rings is 1. The third-order valence-corrected chi connectivity index (χ3v) is 2.98. The van der Waals surface area contributed by atoms with Gasteiger partial charge >= 0.3 is 5.97 Å². The number of carbonyl (C=O) groups excluding carboxylic acids is 1. The second kappa shape index (κ2) is 5.71. The molecule has 4 nitrogen and oxygen atoms in total. The van der Waals surface area contributed by atoms with Gasteiger partial charge in [-0.25, -0.2) is 0 Å². The Bertz CT molecular complexity index is 544. The van der Waals surface area contributed by atoms with Crippen LogP contribution in [0.2, 0.25) is 0 Å². The fraction of sp³-hybridized carbons (Fsp3) is 0.267. The summed E-state index contributed by atoms with van der Waals surface area (Å²) in [6.45, 7) is 1.78. The van der Waals surface area contributed by atoms with Crippen LogP contribution in [0.1, 0.15) is 29.1 Å². The number of hydrogen-bond donors (Lipinski definition) is 1. The predicted molar refractivity (Wildman–Crippen MR) is 69.6 cm³/mol. The highest BCUT2D eigenvalue weighted by Gasteiger charge is 2.32. The Kier molecular flexibility index (Phi) is 4.02. The maximum atomic E-state index is 11.9. The van der Waals surface area contributed by atoms with Gasteiger partial charge < -0.3 is 14.3 Å². The van der Waals surface area contributed by atoms with E-state index in [-0.39, 0.29) is 0 Å². The molecule has 0 fully saturated rings. The molecule has 0 amide bonds. The Morgan fingerprint density at radius 2 is 1.89 bits per heavy atom. The Morgan fingerprint density at radius 1 is 1.21 bits per heavy atom. The first-order valence-electron chi connectivity index (χ1n) is 6.00. The molecule has 0 unspecified atom stereocenters. The summed E-state index contributed by atoms with van der Waals surface area (Å²) >= 11 is 0. The van der Waals surface area contributed by atoms with E-state index in [4.69, 9.17) is 9.15 Å². The number of aliphatic hydroxyl groups excluding tert-OH is 1. The average molecular weight is 260 g/mol. The number of aliphatic hydroxyl groups is 1. The van der Waals surface area contributed by atoms with E-state index in [1.54, 1.807) is 31.2 Å². The quantitative estimate of drug-likeness (QED) is 0.858. The number of carbonyl (C=O) groups is 1. The molecule has 2 atom stereocenters. The average Bonchev–Trinajstić information content (AvgIpc) is 2.86. The lowest BCUT2D eigenvalue weighted by molar-refractivity contribution is -0.145. The molecule has 2 aromatic rings. The zero-order chi connectivity index (χ0) is 13.8. The van der Waals surface area contributed by atoms with E-state index in [9.17, 15) is 9.90 Å². The molecule has 0 bridgehead atoms. The minimum Gasteiger partial charge on any atom is -0.468 e. The molecule has 0 aliphatic carbocycles. The lowest BCUT2D eigenvalue weighted by Gasteiger charge is -2.19. The number of ether oxygens (including phenoxy) is 1. The Balaban J connectivity index is 2.36. The zero-order valence-corrected chi connectivity index (χ0v) is 10.9. The van der Waals surface area contributed by atoms with Gasteiger partial charge in [0.25, 0.3) is 0 Å². The molecule has 1 aromatic carbocycles. The highest BCUT2D eigenvalue weighted by atomic mass is 16.5. The molecule has 1 aromatic heterocycles. The van der Waals surface area contributed by atoms with Crippen LogP contribution in [0.3, 0.4) is 0 Å². The van der Waals surface area contributed by atoms with Crippen molar-refractivity contribution in [1.82, 2.24) is 0 Å². The SMILES string of the molecule is COC(=O)[C@@H](c1ccccc1)[C@H](O)c1ccc(C)o1. The van der Waals surface area contributed by atoms with Gasteiger partial charge in [0.15, 0.2) is 0 Å². The highest BCUT2D eigenvalue weighted by molar-refractivity contribution is 5.79. The molecule has 0 radical (unpaired) electrons. The van der Waals surface area contributed by atoms with Crippen LogP contribution < -0.4 is 0 Å². The molecule has 0 saturated carbocycles. The summed E-state index contributed by atoms with van der Waals surface area (Å²) in [6, 6.07) is 12.4. The smallest absolute Gasteiger partial charge is 0.316 e. The first-order chi connectivity index (χ1) is 9.13. The monoisotopic (exact) mass is 260 g/mol. The standard InChI is InChI=1S/C15H16O4/c1-10-8-9-12(19-10)14(16)13(15(17)18-2)11-6-4-3-5-7-11/h3-9,13-14,16H,1-2H3/t13-,14+/m0/s1. The van der Waals surface area contributed by atoms with Gasteiger partial charge in [0, 0.05) is 0 Å². The van der Waals surface area contributed by atoms with E-state index < -0.39 is 18.0 Å². The van der Waals surface area contributed by atoms with Gasteiger partial charge in [0.2, 0.25) is 0 Å². The molecular weight excluding hydrogens is 244 g/mol. The van der Waals surface area contributed by atoms with E-state index in [1.165, 1.54) is 7.11 Å². The second-order valence-electron chi connectivity index (χ2n) is 4.30. The van der Waals surface area contributed by atoms with Gasteiger partial charge in [0.05, 0.1) is 7.11 Å². The first-order valence-corrected chi connectivity index (χ1v) is 6.00. The second-order valence-corrected chi connectivity index (χ2v) is 4.30. The summed E-state index contributed by atoms with van der Waals surface area (Å²) in [5.74, 6) is -0.244. The van der Waals surface area contributed by atoms with Crippen LogP contribution >= 0.6 is 0 Å². The van der Waals surface area contributed by atoms with E-state index in [1.807, 2.05) is 18.2 Å². The van der Waals surface area contributed by atoms with E-state index in [0.29, 0.717) is 17.1 Å². The van der Waals surface area contributed by atoms with Crippen molar-refractivity contribution in [3.8, 4) is 0 Å². The summed E-state index contributed by atoms with van der Waals surface area (Å²) in [5.41, 5.74) is 0.691.